The molecule has 9 rings (SSSR count). The lowest BCUT2D eigenvalue weighted by Crippen LogP contribution is -1.95. The van der Waals surface area contributed by atoms with E-state index >= 15 is 0 Å². The first-order valence-corrected chi connectivity index (χ1v) is 15.9. The van der Waals surface area contributed by atoms with E-state index in [2.05, 4.69) is 101 Å². The summed E-state index contributed by atoms with van der Waals surface area (Å²) in [5.74, 6) is 0. The summed E-state index contributed by atoms with van der Waals surface area (Å²) in [6, 6.07) is 51.9. The molecule has 4 aromatic carbocycles. The molecule has 9 aromatic rings. The van der Waals surface area contributed by atoms with Gasteiger partial charge in [0.1, 0.15) is 0 Å². The van der Waals surface area contributed by atoms with Gasteiger partial charge in [0.15, 0.2) is 0 Å². The second kappa shape index (κ2) is 11.6. The zero-order valence-electron chi connectivity index (χ0n) is 25.8. The summed E-state index contributed by atoms with van der Waals surface area (Å²) < 4.78 is 0. The molecule has 224 valence electrons. The molecule has 0 N–H and O–H groups in total. The van der Waals surface area contributed by atoms with Gasteiger partial charge in [0, 0.05) is 39.7 Å². The van der Waals surface area contributed by atoms with Gasteiger partial charge in [0.25, 0.3) is 0 Å². The number of rotatable bonds is 5. The van der Waals surface area contributed by atoms with Gasteiger partial charge in [-0.05, 0) is 71.1 Å². The SMILES string of the molecule is c1ccc(-c2ccc3ccc4c5cc(-c6cc(-c7ccccn7)nc(-c7ccccn7)c6)ccc5nc(-c5ccccc5)c4c3n2)cc1. The predicted molar refractivity (Wildman–Crippen MR) is 195 cm³/mol. The first-order valence-electron chi connectivity index (χ1n) is 15.9. The lowest BCUT2D eigenvalue weighted by Gasteiger charge is -2.15. The maximum absolute atomic E-state index is 5.32. The van der Waals surface area contributed by atoms with E-state index in [4.69, 9.17) is 15.0 Å². The summed E-state index contributed by atoms with van der Waals surface area (Å²) in [5, 5.41) is 4.28. The second-order valence-corrected chi connectivity index (χ2v) is 11.7. The molecule has 0 spiro atoms. The minimum atomic E-state index is 0.792. The minimum absolute atomic E-state index is 0.792. The van der Waals surface area contributed by atoms with Crippen molar-refractivity contribution in [1.82, 2.24) is 24.9 Å². The lowest BCUT2D eigenvalue weighted by atomic mass is 9.94. The molecule has 0 fully saturated rings. The molecule has 0 radical (unpaired) electrons. The van der Waals surface area contributed by atoms with Crippen LogP contribution in [0.3, 0.4) is 0 Å². The molecule has 48 heavy (non-hydrogen) atoms. The van der Waals surface area contributed by atoms with E-state index < -0.39 is 0 Å². The highest BCUT2D eigenvalue weighted by Crippen LogP contribution is 2.39. The quantitative estimate of drug-likeness (QED) is 0.181. The highest BCUT2D eigenvalue weighted by atomic mass is 14.8. The number of hydrogen-bond acceptors (Lipinski definition) is 5. The summed E-state index contributed by atoms with van der Waals surface area (Å²) in [7, 11) is 0. The van der Waals surface area contributed by atoms with Crippen LogP contribution in [-0.2, 0) is 0 Å². The van der Waals surface area contributed by atoms with Crippen molar-refractivity contribution >= 4 is 32.6 Å². The molecule has 0 unspecified atom stereocenters. The summed E-state index contributed by atoms with van der Waals surface area (Å²) in [4.78, 5) is 24.8. The third-order valence-corrected chi connectivity index (χ3v) is 8.75. The van der Waals surface area contributed by atoms with Crippen LogP contribution in [0, 0.1) is 0 Å². The third-order valence-electron chi connectivity index (χ3n) is 8.75. The van der Waals surface area contributed by atoms with Crippen molar-refractivity contribution < 1.29 is 0 Å². The fraction of sp³-hybridized carbons (Fsp3) is 0. The zero-order valence-corrected chi connectivity index (χ0v) is 25.8. The average molecular weight is 614 g/mol. The Hall–Kier alpha value is -6.59. The fourth-order valence-corrected chi connectivity index (χ4v) is 6.42. The van der Waals surface area contributed by atoms with E-state index in [1.54, 1.807) is 12.4 Å². The van der Waals surface area contributed by atoms with Gasteiger partial charge in [0.05, 0.1) is 45.2 Å². The van der Waals surface area contributed by atoms with Crippen LogP contribution in [0.15, 0.2) is 164 Å². The molecular formula is C43H27N5. The molecule has 0 saturated heterocycles. The van der Waals surface area contributed by atoms with Crippen molar-refractivity contribution in [1.29, 1.82) is 0 Å². The van der Waals surface area contributed by atoms with Crippen LogP contribution in [0.25, 0.3) is 89.0 Å². The molecule has 5 aromatic heterocycles. The van der Waals surface area contributed by atoms with Crippen LogP contribution < -0.4 is 0 Å². The fourth-order valence-electron chi connectivity index (χ4n) is 6.42. The van der Waals surface area contributed by atoms with Gasteiger partial charge < -0.3 is 0 Å². The molecule has 0 aliphatic rings. The van der Waals surface area contributed by atoms with E-state index in [9.17, 15) is 0 Å². The van der Waals surface area contributed by atoms with Crippen molar-refractivity contribution in [2.75, 3.05) is 0 Å². The number of benzene rings is 4. The van der Waals surface area contributed by atoms with Crippen molar-refractivity contribution in [2.24, 2.45) is 0 Å². The normalized spacial score (nSPS) is 11.3. The smallest absolute Gasteiger partial charge is 0.0900 e. The van der Waals surface area contributed by atoms with Gasteiger partial charge in [-0.25, -0.2) is 15.0 Å². The Morgan fingerprint density at radius 3 is 1.67 bits per heavy atom. The molecule has 0 atom stereocenters. The maximum atomic E-state index is 5.32. The van der Waals surface area contributed by atoms with Crippen molar-refractivity contribution in [3.05, 3.63) is 164 Å². The number of fused-ring (bicyclic) bond motifs is 5. The van der Waals surface area contributed by atoms with Crippen LogP contribution in [0.2, 0.25) is 0 Å². The van der Waals surface area contributed by atoms with E-state index in [1.807, 2.05) is 60.7 Å². The first-order chi connectivity index (χ1) is 23.8. The molecule has 0 saturated carbocycles. The number of hydrogen-bond donors (Lipinski definition) is 0. The monoisotopic (exact) mass is 613 g/mol. The van der Waals surface area contributed by atoms with Gasteiger partial charge in [-0.1, -0.05) is 97.1 Å². The molecule has 5 heteroatoms. The highest BCUT2D eigenvalue weighted by molar-refractivity contribution is 6.20. The van der Waals surface area contributed by atoms with E-state index in [0.717, 1.165) is 89.0 Å². The Bertz CT molecular complexity index is 2530. The lowest BCUT2D eigenvalue weighted by molar-refractivity contribution is 1.22. The maximum Gasteiger partial charge on any atom is 0.0900 e. The van der Waals surface area contributed by atoms with Crippen LogP contribution in [0.5, 0.6) is 0 Å². The number of nitrogens with zero attached hydrogens (tertiary/aromatic N) is 5. The molecule has 5 nitrogen and oxygen atoms in total. The Morgan fingerprint density at radius 1 is 0.354 bits per heavy atom. The standard InChI is InChI=1S/C43H27N5/c1-3-11-28(12-4-1)35-21-18-30-17-20-33-34-25-31(19-22-36(34)48-42(41(33)43(30)47-35)29-13-5-2-6-14-29)32-26-39(37-15-7-9-23-44-37)46-40(27-32)38-16-8-10-24-45-38/h1-27H. The molecule has 0 aliphatic carbocycles. The minimum Gasteiger partial charge on any atom is -0.255 e. The molecule has 0 bridgehead atoms. The summed E-state index contributed by atoms with van der Waals surface area (Å²) in [6.07, 6.45) is 3.59. The summed E-state index contributed by atoms with van der Waals surface area (Å²) >= 11 is 0. The van der Waals surface area contributed by atoms with E-state index in [0.29, 0.717) is 0 Å². The topological polar surface area (TPSA) is 64.5 Å². The second-order valence-electron chi connectivity index (χ2n) is 11.7. The van der Waals surface area contributed by atoms with Crippen molar-refractivity contribution in [3.8, 4) is 56.4 Å². The average Bonchev–Trinajstić information content (AvgIpc) is 3.18. The Labute approximate surface area is 277 Å². The number of pyridine rings is 5. The summed E-state index contributed by atoms with van der Waals surface area (Å²) in [6.45, 7) is 0. The predicted octanol–water partition coefficient (Wildman–Crippen LogP) is 10.5. The van der Waals surface area contributed by atoms with Gasteiger partial charge in [-0.2, -0.15) is 0 Å². The van der Waals surface area contributed by atoms with Crippen molar-refractivity contribution in [3.63, 3.8) is 0 Å². The first kappa shape index (κ1) is 27.7. The third kappa shape index (κ3) is 4.95. The molecular weight excluding hydrogens is 587 g/mol. The molecule has 5 heterocycles. The Balaban J connectivity index is 1.31. The van der Waals surface area contributed by atoms with Crippen LogP contribution >= 0.6 is 0 Å². The molecule has 0 aliphatic heterocycles. The van der Waals surface area contributed by atoms with Crippen LogP contribution in [0.4, 0.5) is 0 Å². The van der Waals surface area contributed by atoms with Crippen molar-refractivity contribution in [2.45, 2.75) is 0 Å². The largest absolute Gasteiger partial charge is 0.255 e. The Morgan fingerprint density at radius 2 is 1.00 bits per heavy atom. The number of aromatic nitrogens is 5. The summed E-state index contributed by atoms with van der Waals surface area (Å²) in [5.41, 5.74) is 11.1. The van der Waals surface area contributed by atoms with Gasteiger partial charge >= 0.3 is 0 Å². The van der Waals surface area contributed by atoms with E-state index in [1.165, 1.54) is 0 Å². The van der Waals surface area contributed by atoms with Crippen LogP contribution in [-0.4, -0.2) is 24.9 Å². The Kier molecular flexibility index (Phi) is 6.72. The highest BCUT2D eigenvalue weighted by Gasteiger charge is 2.17. The van der Waals surface area contributed by atoms with Gasteiger partial charge in [-0.15, -0.1) is 0 Å². The van der Waals surface area contributed by atoms with E-state index in [-0.39, 0.29) is 0 Å². The van der Waals surface area contributed by atoms with Gasteiger partial charge in [0.2, 0.25) is 0 Å². The van der Waals surface area contributed by atoms with Crippen LogP contribution in [0.1, 0.15) is 0 Å². The molecule has 0 amide bonds. The zero-order chi connectivity index (χ0) is 31.9. The van der Waals surface area contributed by atoms with Gasteiger partial charge in [-0.3, -0.25) is 9.97 Å².